The van der Waals surface area contributed by atoms with Gasteiger partial charge in [-0.15, -0.1) is 0 Å². The van der Waals surface area contributed by atoms with Gasteiger partial charge >= 0.3 is 27.5 Å². The van der Waals surface area contributed by atoms with Gasteiger partial charge in [0.05, 0.1) is 7.11 Å². The molecule has 1 heterocycles. The van der Waals surface area contributed by atoms with Gasteiger partial charge in [0.15, 0.2) is 8.24 Å². The van der Waals surface area contributed by atoms with E-state index in [2.05, 4.69) is 51.1 Å². The topological polar surface area (TPSA) is 142 Å². The third kappa shape index (κ3) is 9.82. The van der Waals surface area contributed by atoms with Crippen molar-refractivity contribution in [2.75, 3.05) is 7.11 Å². The predicted octanol–water partition coefficient (Wildman–Crippen LogP) is 7.42. The highest BCUT2D eigenvalue weighted by Crippen LogP contribution is 2.46. The fraction of sp³-hybridized carbons (Fsp3) is 0.425. The number of ether oxygens (including phenoxy) is 3. The minimum Gasteiger partial charge on any atom is -0.489 e. The van der Waals surface area contributed by atoms with Crippen LogP contribution in [-0.4, -0.2) is 63.4 Å². The van der Waals surface area contributed by atoms with Gasteiger partial charge in [0.1, 0.15) is 30.2 Å². The summed E-state index contributed by atoms with van der Waals surface area (Å²) in [5.74, 6) is -2.13. The molecule has 1 amide bonds. The van der Waals surface area contributed by atoms with Crippen LogP contribution in [0.2, 0.25) is 16.6 Å². The molecule has 0 spiro atoms. The number of halogens is 3. The summed E-state index contributed by atoms with van der Waals surface area (Å²) in [7, 11) is -7.59. The number of hydrogen-bond donors (Lipinski definition) is 2. The first-order valence-electron chi connectivity index (χ1n) is 18.3. The van der Waals surface area contributed by atoms with Crippen molar-refractivity contribution in [3.63, 3.8) is 0 Å². The third-order valence-corrected chi connectivity index (χ3v) is 18.0. The summed E-state index contributed by atoms with van der Waals surface area (Å²) in [6.07, 6.45) is 1.01. The highest BCUT2D eigenvalue weighted by atomic mass is 32.2. The summed E-state index contributed by atoms with van der Waals surface area (Å²) in [5.41, 5.74) is -2.92. The zero-order chi connectivity index (χ0) is 41.6. The summed E-state index contributed by atoms with van der Waals surface area (Å²) in [6, 6.07) is 17.7. The van der Waals surface area contributed by atoms with Gasteiger partial charge in [-0.25, -0.2) is 13.2 Å². The van der Waals surface area contributed by atoms with Crippen LogP contribution in [0.15, 0.2) is 79.0 Å². The molecule has 16 heteroatoms. The van der Waals surface area contributed by atoms with Crippen LogP contribution in [0, 0.1) is 0 Å². The Balaban J connectivity index is 1.76. The van der Waals surface area contributed by atoms with Crippen LogP contribution in [-0.2, 0) is 48.6 Å². The molecular formula is C40H50F3N3O8SSi. The number of sulfonamides is 1. The molecule has 3 aromatic carbocycles. The Morgan fingerprint density at radius 2 is 1.41 bits per heavy atom. The maximum absolute atomic E-state index is 14.1. The average Bonchev–Trinajstić information content (AvgIpc) is 3.48. The third-order valence-electron chi connectivity index (χ3n) is 10.1. The average molecular weight is 818 g/mol. The minimum absolute atomic E-state index is 0.101. The zero-order valence-electron chi connectivity index (χ0n) is 32.8. The number of nitrogens with one attached hydrogen (secondary N) is 2. The molecule has 0 aliphatic carbocycles. The van der Waals surface area contributed by atoms with E-state index in [-0.39, 0.29) is 34.4 Å². The van der Waals surface area contributed by atoms with E-state index in [1.165, 1.54) is 13.0 Å². The van der Waals surface area contributed by atoms with Crippen molar-refractivity contribution in [1.82, 2.24) is 14.3 Å². The van der Waals surface area contributed by atoms with E-state index in [4.69, 9.17) is 14.2 Å². The normalized spacial score (nSPS) is 13.5. The molecule has 304 valence electrons. The second-order valence-electron chi connectivity index (χ2n) is 14.7. The molecule has 0 radical (unpaired) electrons. The van der Waals surface area contributed by atoms with Gasteiger partial charge < -0.3 is 23.8 Å². The molecule has 1 aromatic heterocycles. The van der Waals surface area contributed by atoms with E-state index in [0.717, 1.165) is 12.7 Å². The second kappa shape index (κ2) is 18.1. The van der Waals surface area contributed by atoms with Crippen molar-refractivity contribution < 1.29 is 50.2 Å². The second-order valence-corrected chi connectivity index (χ2v) is 22.1. The number of nitrogens with zero attached hydrogens (tertiary/aromatic N) is 1. The maximum Gasteiger partial charge on any atom is 0.511 e. The molecule has 56 heavy (non-hydrogen) atoms. The first-order valence-corrected chi connectivity index (χ1v) is 21.9. The van der Waals surface area contributed by atoms with E-state index in [1.807, 2.05) is 30.3 Å². The largest absolute Gasteiger partial charge is 0.511 e. The molecule has 2 atom stereocenters. The van der Waals surface area contributed by atoms with Crippen molar-refractivity contribution >= 4 is 47.0 Å². The maximum atomic E-state index is 14.1. The number of rotatable bonds is 17. The van der Waals surface area contributed by atoms with Crippen molar-refractivity contribution in [3.05, 3.63) is 95.7 Å². The zero-order valence-corrected chi connectivity index (χ0v) is 34.6. The standard InChI is InChI=1S/C40H50F3N3O8SSi/c1-25(2)56(26(3)4,27(5)6)46-23-31(37-35(46)15-12-16-36(37)54-28(7)47)22-33(45-55(50,51)40(41,42)43)38(48)44-34(39(49)52-8)21-29-17-19-32(20-18-29)53-24-30-13-10-9-11-14-30/h9-20,23,25-27,33-34,45H,21-22,24H2,1-8H3,(H,44,48)/t33-,34-/m0/s1. The molecule has 0 aliphatic rings. The number of carbonyl (C=O) groups is 3. The minimum atomic E-state index is -6.08. The molecule has 11 nitrogen and oxygen atoms in total. The van der Waals surface area contributed by atoms with Crippen LogP contribution in [0.4, 0.5) is 13.2 Å². The Labute approximate surface area is 327 Å². The fourth-order valence-electron chi connectivity index (χ4n) is 7.85. The van der Waals surface area contributed by atoms with Crippen LogP contribution in [0.1, 0.15) is 65.2 Å². The first-order chi connectivity index (χ1) is 26.2. The Morgan fingerprint density at radius 1 is 0.804 bits per heavy atom. The van der Waals surface area contributed by atoms with Gasteiger partial charge in [-0.2, -0.15) is 17.9 Å². The predicted molar refractivity (Wildman–Crippen MR) is 210 cm³/mol. The molecule has 2 N–H and O–H groups in total. The van der Waals surface area contributed by atoms with Gasteiger partial charge in [-0.05, 0) is 70.2 Å². The molecular weight excluding hydrogens is 768 g/mol. The quantitative estimate of drug-likeness (QED) is 0.0638. The molecule has 0 bridgehead atoms. The lowest BCUT2D eigenvalue weighted by atomic mass is 10.0. The molecule has 0 fully saturated rings. The van der Waals surface area contributed by atoms with Gasteiger partial charge in [-0.3, -0.25) is 9.59 Å². The Hall–Kier alpha value is -4.67. The van der Waals surface area contributed by atoms with Crippen molar-refractivity contribution in [2.24, 2.45) is 0 Å². The Kier molecular flexibility index (Phi) is 14.2. The van der Waals surface area contributed by atoms with Crippen LogP contribution in [0.5, 0.6) is 11.5 Å². The van der Waals surface area contributed by atoms with Crippen molar-refractivity contribution in [3.8, 4) is 11.5 Å². The van der Waals surface area contributed by atoms with Crippen molar-refractivity contribution in [1.29, 1.82) is 0 Å². The van der Waals surface area contributed by atoms with Crippen LogP contribution < -0.4 is 19.5 Å². The van der Waals surface area contributed by atoms with Gasteiger partial charge in [0, 0.05) is 24.2 Å². The summed E-state index contributed by atoms with van der Waals surface area (Å²) in [5, 5.41) is 2.79. The number of benzene rings is 3. The number of fused-ring (bicyclic) bond motifs is 1. The summed E-state index contributed by atoms with van der Waals surface area (Å²) < 4.78 is 86.9. The Morgan fingerprint density at radius 3 is 1.95 bits per heavy atom. The van der Waals surface area contributed by atoms with Gasteiger partial charge in [-0.1, -0.05) is 90.1 Å². The lowest BCUT2D eigenvalue weighted by Gasteiger charge is -2.44. The summed E-state index contributed by atoms with van der Waals surface area (Å²) in [4.78, 5) is 39.3. The first kappa shape index (κ1) is 44.0. The molecule has 0 saturated heterocycles. The van der Waals surface area contributed by atoms with E-state index in [0.29, 0.717) is 28.8 Å². The fourth-order valence-corrected chi connectivity index (χ4v) is 15.2. The summed E-state index contributed by atoms with van der Waals surface area (Å²) in [6.45, 7) is 14.2. The molecule has 4 aromatic rings. The van der Waals surface area contributed by atoms with Crippen LogP contribution in [0.3, 0.4) is 0 Å². The smallest absolute Gasteiger partial charge is 0.489 e. The van der Waals surface area contributed by atoms with Gasteiger partial charge in [0.2, 0.25) is 5.91 Å². The van der Waals surface area contributed by atoms with Crippen LogP contribution >= 0.6 is 0 Å². The number of methoxy groups -OCH3 is 1. The van der Waals surface area contributed by atoms with E-state index >= 15 is 0 Å². The number of carbonyl (C=O) groups excluding carboxylic acids is 3. The molecule has 0 unspecified atom stereocenters. The molecule has 4 rings (SSSR count). The number of alkyl halides is 3. The van der Waals surface area contributed by atoms with E-state index < -0.39 is 60.1 Å². The highest BCUT2D eigenvalue weighted by Gasteiger charge is 2.49. The number of hydrogen-bond acceptors (Lipinski definition) is 8. The number of aromatic nitrogens is 1. The lowest BCUT2D eigenvalue weighted by Crippen LogP contribution is -2.55. The molecule has 0 aliphatic heterocycles. The highest BCUT2D eigenvalue weighted by molar-refractivity contribution is 7.90. The van der Waals surface area contributed by atoms with E-state index in [9.17, 15) is 36.0 Å². The lowest BCUT2D eigenvalue weighted by molar-refractivity contribution is -0.145. The van der Waals surface area contributed by atoms with Crippen LogP contribution in [0.25, 0.3) is 10.9 Å². The molecule has 0 saturated carbocycles. The number of amides is 1. The monoisotopic (exact) mass is 817 g/mol. The Bertz CT molecular complexity index is 2080. The van der Waals surface area contributed by atoms with E-state index in [1.54, 1.807) is 47.3 Å². The van der Waals surface area contributed by atoms with Crippen molar-refractivity contribution in [2.45, 2.75) is 102 Å². The van der Waals surface area contributed by atoms with Gasteiger partial charge in [0.25, 0.3) is 0 Å². The SMILES string of the molecule is COC(=O)[C@H](Cc1ccc(OCc2ccccc2)cc1)NC(=O)[C@H](Cc1cn([Si](C(C)C)(C(C)C)C(C)C)c2cccc(OC(C)=O)c12)NS(=O)(=O)C(F)(F)F. The number of esters is 2. The summed E-state index contributed by atoms with van der Waals surface area (Å²) >= 11 is 0.